The highest BCUT2D eigenvalue weighted by molar-refractivity contribution is 5.80. The fourth-order valence-corrected chi connectivity index (χ4v) is 2.46. The number of carbonyl (C=O) groups excluding carboxylic acids is 1. The molecule has 0 bridgehead atoms. The summed E-state index contributed by atoms with van der Waals surface area (Å²) < 4.78 is 0. The number of rotatable bonds is 8. The molecular weight excluding hydrogens is 290 g/mol. The smallest absolute Gasteiger partial charge is 0.219 e. The number of carbonyl (C=O) groups is 1. The Kier molecular flexibility index (Phi) is 9.67. The van der Waals surface area contributed by atoms with Gasteiger partial charge in [0.15, 0.2) is 5.96 Å². The van der Waals surface area contributed by atoms with Gasteiger partial charge < -0.3 is 15.5 Å². The molecular formula is C17H35N5O. The van der Waals surface area contributed by atoms with Crippen LogP contribution in [0.5, 0.6) is 0 Å². The van der Waals surface area contributed by atoms with Crippen LogP contribution in [0.25, 0.3) is 0 Å². The van der Waals surface area contributed by atoms with E-state index in [1.807, 2.05) is 4.90 Å². The maximum absolute atomic E-state index is 11.3. The summed E-state index contributed by atoms with van der Waals surface area (Å²) in [7, 11) is 0. The fourth-order valence-electron chi connectivity index (χ4n) is 2.46. The summed E-state index contributed by atoms with van der Waals surface area (Å²) in [6.45, 7) is 14.5. The monoisotopic (exact) mass is 325 g/mol. The largest absolute Gasteiger partial charge is 0.355 e. The van der Waals surface area contributed by atoms with Crippen LogP contribution < -0.4 is 10.6 Å². The molecule has 1 fully saturated rings. The van der Waals surface area contributed by atoms with Crippen LogP contribution in [0.3, 0.4) is 0 Å². The van der Waals surface area contributed by atoms with Crippen molar-refractivity contribution in [1.29, 1.82) is 0 Å². The topological polar surface area (TPSA) is 60.0 Å². The SMILES string of the molecule is CCCCN=C(NCCN1CCN(C(C)=O)CC1)N[C@@H](C)CC. The molecule has 0 radical (unpaired) electrons. The van der Waals surface area contributed by atoms with E-state index >= 15 is 0 Å². The van der Waals surface area contributed by atoms with Gasteiger partial charge in [-0.1, -0.05) is 20.3 Å². The highest BCUT2D eigenvalue weighted by atomic mass is 16.2. The molecule has 1 aliphatic rings. The average molecular weight is 326 g/mol. The van der Waals surface area contributed by atoms with Gasteiger partial charge in [0.05, 0.1) is 0 Å². The minimum atomic E-state index is 0.186. The van der Waals surface area contributed by atoms with Crippen molar-refractivity contribution >= 4 is 11.9 Å². The van der Waals surface area contributed by atoms with E-state index < -0.39 is 0 Å². The molecule has 0 spiro atoms. The maximum Gasteiger partial charge on any atom is 0.219 e. The van der Waals surface area contributed by atoms with E-state index in [-0.39, 0.29) is 5.91 Å². The highest BCUT2D eigenvalue weighted by Gasteiger charge is 2.17. The predicted octanol–water partition coefficient (Wildman–Crippen LogP) is 1.28. The van der Waals surface area contributed by atoms with Crippen LogP contribution in [0.1, 0.15) is 47.0 Å². The zero-order valence-corrected chi connectivity index (χ0v) is 15.4. The van der Waals surface area contributed by atoms with Gasteiger partial charge in [-0.3, -0.25) is 14.7 Å². The molecule has 0 aromatic heterocycles. The molecule has 6 heteroatoms. The standard InChI is InChI=1S/C17H35N5O/c1-5-7-8-18-17(20-15(3)6-2)19-9-10-21-11-13-22(14-12-21)16(4)23/h15H,5-14H2,1-4H3,(H2,18,19,20)/t15-/m0/s1. The Balaban J connectivity index is 2.31. The summed E-state index contributed by atoms with van der Waals surface area (Å²) in [6, 6.07) is 0.432. The number of nitrogens with zero attached hydrogens (tertiary/aromatic N) is 3. The van der Waals surface area contributed by atoms with Crippen molar-refractivity contribution in [1.82, 2.24) is 20.4 Å². The third-order valence-corrected chi connectivity index (χ3v) is 4.32. The van der Waals surface area contributed by atoms with Gasteiger partial charge in [-0.05, 0) is 19.8 Å². The Morgan fingerprint density at radius 3 is 2.48 bits per heavy atom. The first kappa shape index (κ1) is 19.7. The third-order valence-electron chi connectivity index (χ3n) is 4.32. The first-order valence-corrected chi connectivity index (χ1v) is 9.09. The van der Waals surface area contributed by atoms with Crippen molar-refractivity contribution < 1.29 is 4.79 Å². The zero-order chi connectivity index (χ0) is 17.1. The van der Waals surface area contributed by atoms with Crippen molar-refractivity contribution in [2.75, 3.05) is 45.8 Å². The second kappa shape index (κ2) is 11.3. The minimum absolute atomic E-state index is 0.186. The number of hydrogen-bond donors (Lipinski definition) is 2. The first-order chi connectivity index (χ1) is 11.1. The Hall–Kier alpha value is -1.30. The van der Waals surface area contributed by atoms with E-state index in [2.05, 4.69) is 41.3 Å². The van der Waals surface area contributed by atoms with Gasteiger partial charge >= 0.3 is 0 Å². The summed E-state index contributed by atoms with van der Waals surface area (Å²) in [5, 5.41) is 6.89. The molecule has 1 saturated heterocycles. The third kappa shape index (κ3) is 8.21. The fraction of sp³-hybridized carbons (Fsp3) is 0.882. The predicted molar refractivity (Wildman–Crippen MR) is 96.8 cm³/mol. The molecule has 0 unspecified atom stereocenters. The molecule has 1 atom stereocenters. The molecule has 1 amide bonds. The second-order valence-electron chi connectivity index (χ2n) is 6.31. The number of nitrogens with one attached hydrogen (secondary N) is 2. The van der Waals surface area contributed by atoms with Crippen molar-refractivity contribution in [3.63, 3.8) is 0 Å². The van der Waals surface area contributed by atoms with E-state index in [1.54, 1.807) is 6.92 Å². The molecule has 134 valence electrons. The van der Waals surface area contributed by atoms with Gasteiger partial charge in [0.2, 0.25) is 5.91 Å². The number of amides is 1. The Morgan fingerprint density at radius 2 is 1.91 bits per heavy atom. The number of unbranched alkanes of at least 4 members (excludes halogenated alkanes) is 1. The molecule has 6 nitrogen and oxygen atoms in total. The molecule has 0 aromatic carbocycles. The van der Waals surface area contributed by atoms with Crippen molar-refractivity contribution in [2.24, 2.45) is 4.99 Å². The van der Waals surface area contributed by atoms with E-state index in [0.717, 1.165) is 64.6 Å². The normalized spacial score (nSPS) is 17.9. The Labute approximate surface area is 141 Å². The number of aliphatic imine (C=N–C) groups is 1. The van der Waals surface area contributed by atoms with Gasteiger partial charge in [-0.15, -0.1) is 0 Å². The van der Waals surface area contributed by atoms with Gasteiger partial charge in [0.25, 0.3) is 0 Å². The lowest BCUT2D eigenvalue weighted by Crippen LogP contribution is -2.50. The highest BCUT2D eigenvalue weighted by Crippen LogP contribution is 2.01. The van der Waals surface area contributed by atoms with E-state index in [9.17, 15) is 4.79 Å². The molecule has 2 N–H and O–H groups in total. The van der Waals surface area contributed by atoms with Crippen LogP contribution in [-0.2, 0) is 4.79 Å². The lowest BCUT2D eigenvalue weighted by molar-refractivity contribution is -0.130. The van der Waals surface area contributed by atoms with Crippen LogP contribution in [0.4, 0.5) is 0 Å². The Morgan fingerprint density at radius 1 is 1.22 bits per heavy atom. The molecule has 1 aliphatic heterocycles. The maximum atomic E-state index is 11.3. The quantitative estimate of drug-likeness (QED) is 0.401. The molecule has 0 aliphatic carbocycles. The van der Waals surface area contributed by atoms with Crippen LogP contribution in [0, 0.1) is 0 Å². The van der Waals surface area contributed by atoms with Crippen molar-refractivity contribution in [3.05, 3.63) is 0 Å². The van der Waals surface area contributed by atoms with Crippen molar-refractivity contribution in [3.8, 4) is 0 Å². The summed E-state index contributed by atoms with van der Waals surface area (Å²) in [6.07, 6.45) is 3.38. The van der Waals surface area contributed by atoms with Crippen LogP contribution in [0.15, 0.2) is 4.99 Å². The molecule has 1 heterocycles. The number of hydrogen-bond acceptors (Lipinski definition) is 3. The average Bonchev–Trinajstić information content (AvgIpc) is 2.55. The molecule has 0 saturated carbocycles. The van der Waals surface area contributed by atoms with E-state index in [0.29, 0.717) is 6.04 Å². The summed E-state index contributed by atoms with van der Waals surface area (Å²) in [4.78, 5) is 20.3. The van der Waals surface area contributed by atoms with Gasteiger partial charge in [0, 0.05) is 58.8 Å². The summed E-state index contributed by atoms with van der Waals surface area (Å²) in [5.74, 6) is 1.11. The van der Waals surface area contributed by atoms with Crippen LogP contribution >= 0.6 is 0 Å². The summed E-state index contributed by atoms with van der Waals surface area (Å²) in [5.41, 5.74) is 0. The zero-order valence-electron chi connectivity index (χ0n) is 15.4. The van der Waals surface area contributed by atoms with Crippen LogP contribution in [-0.4, -0.2) is 73.5 Å². The van der Waals surface area contributed by atoms with Gasteiger partial charge in [-0.2, -0.15) is 0 Å². The van der Waals surface area contributed by atoms with E-state index in [4.69, 9.17) is 0 Å². The Bertz CT molecular complexity index is 364. The van der Waals surface area contributed by atoms with Crippen LogP contribution in [0.2, 0.25) is 0 Å². The molecule has 1 rings (SSSR count). The van der Waals surface area contributed by atoms with E-state index in [1.165, 1.54) is 6.42 Å². The first-order valence-electron chi connectivity index (χ1n) is 9.09. The lowest BCUT2D eigenvalue weighted by atomic mass is 10.3. The van der Waals surface area contributed by atoms with Crippen molar-refractivity contribution in [2.45, 2.75) is 53.0 Å². The minimum Gasteiger partial charge on any atom is -0.355 e. The van der Waals surface area contributed by atoms with Gasteiger partial charge in [0.1, 0.15) is 0 Å². The summed E-state index contributed by atoms with van der Waals surface area (Å²) >= 11 is 0. The lowest BCUT2D eigenvalue weighted by Gasteiger charge is -2.34. The molecule has 23 heavy (non-hydrogen) atoms. The number of guanidine groups is 1. The number of piperazine rings is 1. The second-order valence-corrected chi connectivity index (χ2v) is 6.31. The molecule has 0 aromatic rings. The van der Waals surface area contributed by atoms with Gasteiger partial charge in [-0.25, -0.2) is 0 Å².